The summed E-state index contributed by atoms with van der Waals surface area (Å²) in [5.41, 5.74) is 3.44. The van der Waals surface area contributed by atoms with Crippen molar-refractivity contribution in [1.29, 1.82) is 0 Å². The SMILES string of the molecule is COC(=O)N1CCC(NC(=O)c2ccc3c(c2)CCC3)CC1. The molecule has 22 heavy (non-hydrogen) atoms. The number of carbonyl (C=O) groups is 2. The minimum atomic E-state index is -0.289. The number of nitrogens with zero attached hydrogens (tertiary/aromatic N) is 1. The van der Waals surface area contributed by atoms with Gasteiger partial charge in [0.1, 0.15) is 0 Å². The minimum absolute atomic E-state index is 0.00813. The van der Waals surface area contributed by atoms with Gasteiger partial charge in [-0.2, -0.15) is 0 Å². The molecule has 5 heteroatoms. The molecule has 1 aliphatic carbocycles. The van der Waals surface area contributed by atoms with Crippen molar-refractivity contribution in [2.75, 3.05) is 20.2 Å². The number of ether oxygens (including phenoxy) is 1. The summed E-state index contributed by atoms with van der Waals surface area (Å²) in [5.74, 6) is -0.00813. The Morgan fingerprint density at radius 3 is 2.64 bits per heavy atom. The van der Waals surface area contributed by atoms with Crippen LogP contribution in [0, 0.1) is 0 Å². The van der Waals surface area contributed by atoms with Crippen molar-refractivity contribution in [1.82, 2.24) is 10.2 Å². The number of benzene rings is 1. The van der Waals surface area contributed by atoms with Gasteiger partial charge in [0, 0.05) is 24.7 Å². The van der Waals surface area contributed by atoms with E-state index in [1.54, 1.807) is 4.90 Å². The van der Waals surface area contributed by atoms with Gasteiger partial charge in [-0.05, 0) is 55.4 Å². The lowest BCUT2D eigenvalue weighted by molar-refractivity contribution is 0.0892. The molecular weight excluding hydrogens is 280 g/mol. The number of piperidine rings is 1. The Bertz CT molecular complexity index is 577. The van der Waals surface area contributed by atoms with Crippen LogP contribution in [0.2, 0.25) is 0 Å². The molecule has 5 nitrogen and oxygen atoms in total. The lowest BCUT2D eigenvalue weighted by Gasteiger charge is -2.31. The Balaban J connectivity index is 1.56. The maximum atomic E-state index is 12.4. The van der Waals surface area contributed by atoms with Crippen LogP contribution in [0.3, 0.4) is 0 Å². The zero-order valence-electron chi connectivity index (χ0n) is 12.9. The van der Waals surface area contributed by atoms with Crippen LogP contribution < -0.4 is 5.32 Å². The molecular formula is C17H22N2O3. The molecule has 2 amide bonds. The number of likely N-dealkylation sites (tertiary alicyclic amines) is 1. The molecule has 1 aromatic carbocycles. The molecule has 1 heterocycles. The van der Waals surface area contributed by atoms with Crippen LogP contribution in [0.1, 0.15) is 40.7 Å². The molecule has 1 aromatic rings. The maximum Gasteiger partial charge on any atom is 0.409 e. The number of hydrogen-bond acceptors (Lipinski definition) is 3. The van der Waals surface area contributed by atoms with Crippen molar-refractivity contribution in [2.45, 2.75) is 38.1 Å². The first kappa shape index (κ1) is 14.9. The summed E-state index contributed by atoms with van der Waals surface area (Å²) in [6.45, 7) is 1.25. The lowest BCUT2D eigenvalue weighted by Crippen LogP contribution is -2.46. The normalized spacial score (nSPS) is 18.0. The van der Waals surface area contributed by atoms with E-state index in [1.165, 1.54) is 24.7 Å². The molecule has 1 N–H and O–H groups in total. The average Bonchev–Trinajstić information content (AvgIpc) is 3.02. The van der Waals surface area contributed by atoms with E-state index in [0.29, 0.717) is 13.1 Å². The summed E-state index contributed by atoms with van der Waals surface area (Å²) in [6.07, 6.45) is 4.64. The molecule has 0 unspecified atom stereocenters. The summed E-state index contributed by atoms with van der Waals surface area (Å²) >= 11 is 0. The van der Waals surface area contributed by atoms with Gasteiger partial charge in [-0.25, -0.2) is 4.79 Å². The van der Waals surface area contributed by atoms with E-state index >= 15 is 0 Å². The number of carbonyl (C=O) groups excluding carboxylic acids is 2. The second kappa shape index (κ2) is 6.38. The Morgan fingerprint density at radius 1 is 1.18 bits per heavy atom. The first-order chi connectivity index (χ1) is 10.7. The van der Waals surface area contributed by atoms with Crippen LogP contribution in [0.25, 0.3) is 0 Å². The molecule has 118 valence electrons. The van der Waals surface area contributed by atoms with E-state index in [0.717, 1.165) is 31.2 Å². The first-order valence-electron chi connectivity index (χ1n) is 7.93. The topological polar surface area (TPSA) is 58.6 Å². The van der Waals surface area contributed by atoms with E-state index in [-0.39, 0.29) is 18.0 Å². The molecule has 1 aliphatic heterocycles. The van der Waals surface area contributed by atoms with Crippen LogP contribution in [-0.4, -0.2) is 43.1 Å². The third-order valence-corrected chi connectivity index (χ3v) is 4.62. The fraction of sp³-hybridized carbons (Fsp3) is 0.529. The highest BCUT2D eigenvalue weighted by molar-refractivity contribution is 5.94. The number of hydrogen-bond donors (Lipinski definition) is 1. The predicted octanol–water partition coefficient (Wildman–Crippen LogP) is 2.14. The van der Waals surface area contributed by atoms with Crippen molar-refractivity contribution < 1.29 is 14.3 Å². The van der Waals surface area contributed by atoms with E-state index < -0.39 is 0 Å². The average molecular weight is 302 g/mol. The molecule has 0 atom stereocenters. The van der Waals surface area contributed by atoms with Gasteiger partial charge in [0.2, 0.25) is 0 Å². The Kier molecular flexibility index (Phi) is 4.32. The summed E-state index contributed by atoms with van der Waals surface area (Å²) < 4.78 is 4.72. The molecule has 0 radical (unpaired) electrons. The van der Waals surface area contributed by atoms with E-state index in [4.69, 9.17) is 4.74 Å². The third kappa shape index (κ3) is 3.08. The molecule has 1 fully saturated rings. The van der Waals surface area contributed by atoms with Crippen LogP contribution in [0.15, 0.2) is 18.2 Å². The van der Waals surface area contributed by atoms with Gasteiger partial charge in [0.15, 0.2) is 0 Å². The smallest absolute Gasteiger partial charge is 0.409 e. The summed E-state index contributed by atoms with van der Waals surface area (Å²) in [6, 6.07) is 6.16. The van der Waals surface area contributed by atoms with Crippen molar-refractivity contribution in [3.63, 3.8) is 0 Å². The summed E-state index contributed by atoms with van der Waals surface area (Å²) in [5, 5.41) is 3.09. The molecule has 0 saturated carbocycles. The van der Waals surface area contributed by atoms with Crippen molar-refractivity contribution in [3.8, 4) is 0 Å². The fourth-order valence-corrected chi connectivity index (χ4v) is 3.32. The molecule has 0 bridgehead atoms. The standard InChI is InChI=1S/C17H22N2O3/c1-22-17(21)19-9-7-15(8-10-19)18-16(20)14-6-5-12-3-2-4-13(12)11-14/h5-6,11,15H,2-4,7-10H2,1H3,(H,18,20). The van der Waals surface area contributed by atoms with E-state index in [2.05, 4.69) is 11.4 Å². The zero-order valence-corrected chi connectivity index (χ0v) is 12.9. The highest BCUT2D eigenvalue weighted by Crippen LogP contribution is 2.23. The first-order valence-corrected chi connectivity index (χ1v) is 7.93. The van der Waals surface area contributed by atoms with Gasteiger partial charge in [0.05, 0.1) is 7.11 Å². The predicted molar refractivity (Wildman–Crippen MR) is 82.9 cm³/mol. The van der Waals surface area contributed by atoms with Gasteiger partial charge in [0.25, 0.3) is 5.91 Å². The number of aryl methyl sites for hydroxylation is 2. The molecule has 3 rings (SSSR count). The van der Waals surface area contributed by atoms with E-state index in [1.807, 2.05) is 12.1 Å². The largest absolute Gasteiger partial charge is 0.453 e. The van der Waals surface area contributed by atoms with Crippen LogP contribution in [-0.2, 0) is 17.6 Å². The van der Waals surface area contributed by atoms with Crippen LogP contribution in [0.5, 0.6) is 0 Å². The number of rotatable bonds is 2. The number of methoxy groups -OCH3 is 1. The zero-order chi connectivity index (χ0) is 15.5. The Morgan fingerprint density at radius 2 is 1.91 bits per heavy atom. The summed E-state index contributed by atoms with van der Waals surface area (Å²) in [7, 11) is 1.39. The van der Waals surface area contributed by atoms with Crippen LogP contribution >= 0.6 is 0 Å². The minimum Gasteiger partial charge on any atom is -0.453 e. The molecule has 2 aliphatic rings. The van der Waals surface area contributed by atoms with Crippen molar-refractivity contribution >= 4 is 12.0 Å². The molecule has 1 saturated heterocycles. The van der Waals surface area contributed by atoms with Gasteiger partial charge in [-0.1, -0.05) is 6.07 Å². The molecule has 0 spiro atoms. The number of fused-ring (bicyclic) bond motifs is 1. The highest BCUT2D eigenvalue weighted by atomic mass is 16.5. The number of nitrogens with one attached hydrogen (secondary N) is 1. The van der Waals surface area contributed by atoms with Crippen molar-refractivity contribution in [2.24, 2.45) is 0 Å². The third-order valence-electron chi connectivity index (χ3n) is 4.62. The highest BCUT2D eigenvalue weighted by Gasteiger charge is 2.24. The quantitative estimate of drug-likeness (QED) is 0.910. The monoisotopic (exact) mass is 302 g/mol. The number of amides is 2. The maximum absolute atomic E-state index is 12.4. The Labute approximate surface area is 130 Å². The van der Waals surface area contributed by atoms with Gasteiger partial charge >= 0.3 is 6.09 Å². The lowest BCUT2D eigenvalue weighted by atomic mass is 10.0. The molecule has 0 aromatic heterocycles. The second-order valence-electron chi connectivity index (χ2n) is 6.04. The van der Waals surface area contributed by atoms with Gasteiger partial charge in [-0.15, -0.1) is 0 Å². The summed E-state index contributed by atoms with van der Waals surface area (Å²) in [4.78, 5) is 25.5. The van der Waals surface area contributed by atoms with E-state index in [9.17, 15) is 9.59 Å². The van der Waals surface area contributed by atoms with Gasteiger partial charge in [-0.3, -0.25) is 4.79 Å². The van der Waals surface area contributed by atoms with Crippen molar-refractivity contribution in [3.05, 3.63) is 34.9 Å². The fourth-order valence-electron chi connectivity index (χ4n) is 3.32. The van der Waals surface area contributed by atoms with Gasteiger partial charge < -0.3 is 15.0 Å². The Hall–Kier alpha value is -2.04. The second-order valence-corrected chi connectivity index (χ2v) is 6.04. The van der Waals surface area contributed by atoms with Crippen LogP contribution in [0.4, 0.5) is 4.79 Å².